The summed E-state index contributed by atoms with van der Waals surface area (Å²) in [4.78, 5) is 11.3. The number of halogens is 1. The number of nitrogens with one attached hydrogen (secondary N) is 1. The molecule has 6 heteroatoms. The molecule has 1 aliphatic rings. The van der Waals surface area contributed by atoms with E-state index in [4.69, 9.17) is 5.73 Å². The minimum atomic E-state index is 0. The second kappa shape index (κ2) is 8.30. The quantitative estimate of drug-likeness (QED) is 0.468. The van der Waals surface area contributed by atoms with Crippen molar-refractivity contribution in [2.24, 2.45) is 10.7 Å². The molecule has 0 amide bonds. The van der Waals surface area contributed by atoms with E-state index in [1.54, 1.807) is 11.3 Å². The molecule has 4 rings (SSSR count). The summed E-state index contributed by atoms with van der Waals surface area (Å²) in [6.45, 7) is 0. The van der Waals surface area contributed by atoms with E-state index < -0.39 is 0 Å². The lowest BCUT2D eigenvalue weighted by Gasteiger charge is -2.27. The molecule has 142 valence electrons. The molecule has 1 aliphatic carbocycles. The third kappa shape index (κ3) is 4.10. The van der Waals surface area contributed by atoms with Crippen molar-refractivity contribution in [3.63, 3.8) is 0 Å². The molecule has 0 bridgehead atoms. The SMILES string of the molecule is CN(C)[C@H]1CC=C(c2c[nH]c3ccc(N=C(N)c4cccs4)cc23)CC1.Cl. The lowest BCUT2D eigenvalue weighted by atomic mass is 9.90. The summed E-state index contributed by atoms with van der Waals surface area (Å²) in [5.74, 6) is 0.571. The molecule has 2 heterocycles. The zero-order valence-electron chi connectivity index (χ0n) is 15.6. The fourth-order valence-electron chi connectivity index (χ4n) is 3.60. The number of rotatable bonds is 4. The summed E-state index contributed by atoms with van der Waals surface area (Å²) >= 11 is 1.61. The van der Waals surface area contributed by atoms with E-state index in [9.17, 15) is 0 Å². The summed E-state index contributed by atoms with van der Waals surface area (Å²) in [5, 5.41) is 3.24. The molecular weight excluding hydrogens is 376 g/mol. The molecular formula is C21H25ClN4S. The summed E-state index contributed by atoms with van der Waals surface area (Å²) in [7, 11) is 4.33. The van der Waals surface area contributed by atoms with Gasteiger partial charge in [0.2, 0.25) is 0 Å². The van der Waals surface area contributed by atoms with E-state index in [1.165, 1.54) is 22.9 Å². The van der Waals surface area contributed by atoms with Gasteiger partial charge in [-0.1, -0.05) is 12.1 Å². The first-order chi connectivity index (χ1) is 12.6. The molecule has 0 saturated heterocycles. The fourth-order valence-corrected chi connectivity index (χ4v) is 4.22. The third-order valence-corrected chi connectivity index (χ3v) is 6.04. The van der Waals surface area contributed by atoms with Crippen molar-refractivity contribution in [1.82, 2.24) is 9.88 Å². The van der Waals surface area contributed by atoms with Gasteiger partial charge in [-0.05, 0) is 68.6 Å². The number of allylic oxidation sites excluding steroid dienone is 1. The molecule has 0 radical (unpaired) electrons. The van der Waals surface area contributed by atoms with Gasteiger partial charge in [0, 0.05) is 28.7 Å². The fraction of sp³-hybridized carbons (Fsp3) is 0.286. The molecule has 0 unspecified atom stereocenters. The van der Waals surface area contributed by atoms with E-state index >= 15 is 0 Å². The first-order valence-electron chi connectivity index (χ1n) is 8.97. The molecule has 0 saturated carbocycles. The van der Waals surface area contributed by atoms with Gasteiger partial charge in [-0.3, -0.25) is 0 Å². The Morgan fingerprint density at radius 3 is 2.81 bits per heavy atom. The lowest BCUT2D eigenvalue weighted by Crippen LogP contribution is -2.28. The number of nitrogens with two attached hydrogens (primary N) is 1. The number of aromatic nitrogens is 1. The Hall–Kier alpha value is -2.08. The van der Waals surface area contributed by atoms with Crippen molar-refractivity contribution in [1.29, 1.82) is 0 Å². The third-order valence-electron chi connectivity index (χ3n) is 5.15. The molecule has 2 aromatic heterocycles. The minimum absolute atomic E-state index is 0. The number of H-pyrrole nitrogens is 1. The molecule has 0 fully saturated rings. The standard InChI is InChI=1S/C21H24N4S.ClH/c1-25(2)16-8-5-14(6-9-16)18-13-23-19-10-7-15(12-17(18)19)24-21(22)20-4-3-11-26-20;/h3-5,7,10-13,16,23H,6,8-9H2,1-2H3,(H2,22,24);1H/t16-;/m0./s1. The number of amidine groups is 1. The Balaban J connectivity index is 0.00000210. The number of benzene rings is 1. The number of fused-ring (bicyclic) bond motifs is 1. The van der Waals surface area contributed by atoms with Crippen molar-refractivity contribution >= 4 is 51.7 Å². The summed E-state index contributed by atoms with van der Waals surface area (Å²) in [5.41, 5.74) is 10.9. The van der Waals surface area contributed by atoms with Crippen LogP contribution in [-0.2, 0) is 0 Å². The number of nitrogens with zero attached hydrogens (tertiary/aromatic N) is 2. The van der Waals surface area contributed by atoms with Gasteiger partial charge in [0.25, 0.3) is 0 Å². The molecule has 1 aromatic carbocycles. The van der Waals surface area contributed by atoms with Crippen LogP contribution in [0.15, 0.2) is 53.0 Å². The van der Waals surface area contributed by atoms with Crippen molar-refractivity contribution in [2.45, 2.75) is 25.3 Å². The van der Waals surface area contributed by atoms with Crippen molar-refractivity contribution in [2.75, 3.05) is 14.1 Å². The monoisotopic (exact) mass is 400 g/mol. The average molecular weight is 401 g/mol. The van der Waals surface area contributed by atoms with Gasteiger partial charge in [-0.2, -0.15) is 0 Å². The average Bonchev–Trinajstić information content (AvgIpc) is 3.31. The van der Waals surface area contributed by atoms with Crippen LogP contribution < -0.4 is 5.73 Å². The maximum Gasteiger partial charge on any atom is 0.141 e. The molecule has 3 aromatic rings. The number of hydrogen-bond donors (Lipinski definition) is 2. The Morgan fingerprint density at radius 2 is 2.15 bits per heavy atom. The highest BCUT2D eigenvalue weighted by atomic mass is 35.5. The highest BCUT2D eigenvalue weighted by Crippen LogP contribution is 2.34. The van der Waals surface area contributed by atoms with Gasteiger partial charge in [0.05, 0.1) is 10.6 Å². The molecule has 4 nitrogen and oxygen atoms in total. The van der Waals surface area contributed by atoms with Crippen molar-refractivity contribution in [3.8, 4) is 0 Å². The number of aromatic amines is 1. The maximum absolute atomic E-state index is 6.15. The number of aliphatic imine (C=N–C) groups is 1. The van der Waals surface area contributed by atoms with Crippen LogP contribution in [0, 0.1) is 0 Å². The molecule has 0 aliphatic heterocycles. The zero-order valence-corrected chi connectivity index (χ0v) is 17.2. The molecule has 3 N–H and O–H groups in total. The van der Waals surface area contributed by atoms with Gasteiger partial charge in [0.15, 0.2) is 0 Å². The second-order valence-electron chi connectivity index (χ2n) is 7.03. The van der Waals surface area contributed by atoms with Crippen LogP contribution in [0.4, 0.5) is 5.69 Å². The van der Waals surface area contributed by atoms with E-state index in [1.807, 2.05) is 23.6 Å². The summed E-state index contributed by atoms with van der Waals surface area (Å²) in [6, 6.07) is 10.9. The van der Waals surface area contributed by atoms with Gasteiger partial charge < -0.3 is 15.6 Å². The van der Waals surface area contributed by atoms with E-state index in [0.29, 0.717) is 11.9 Å². The second-order valence-corrected chi connectivity index (χ2v) is 7.98. The highest BCUT2D eigenvalue weighted by Gasteiger charge is 2.18. The van der Waals surface area contributed by atoms with Crippen molar-refractivity contribution in [3.05, 3.63) is 58.4 Å². The highest BCUT2D eigenvalue weighted by molar-refractivity contribution is 7.12. The van der Waals surface area contributed by atoms with Gasteiger partial charge >= 0.3 is 0 Å². The Kier molecular flexibility index (Phi) is 6.05. The maximum atomic E-state index is 6.15. The molecule has 1 atom stereocenters. The lowest BCUT2D eigenvalue weighted by molar-refractivity contribution is 0.278. The van der Waals surface area contributed by atoms with E-state index in [-0.39, 0.29) is 12.4 Å². The van der Waals surface area contributed by atoms with Crippen LogP contribution in [-0.4, -0.2) is 35.9 Å². The van der Waals surface area contributed by atoms with Crippen LogP contribution in [0.25, 0.3) is 16.5 Å². The smallest absolute Gasteiger partial charge is 0.141 e. The topological polar surface area (TPSA) is 57.4 Å². The first kappa shape index (κ1) is 19.7. The zero-order chi connectivity index (χ0) is 18.1. The first-order valence-corrected chi connectivity index (χ1v) is 9.85. The van der Waals surface area contributed by atoms with Gasteiger partial charge in [-0.25, -0.2) is 4.99 Å². The van der Waals surface area contributed by atoms with Gasteiger partial charge in [-0.15, -0.1) is 23.7 Å². The number of hydrogen-bond acceptors (Lipinski definition) is 3. The van der Waals surface area contributed by atoms with Crippen LogP contribution in [0.3, 0.4) is 0 Å². The van der Waals surface area contributed by atoms with Crippen LogP contribution in [0.1, 0.15) is 29.7 Å². The predicted molar refractivity (Wildman–Crippen MR) is 120 cm³/mol. The van der Waals surface area contributed by atoms with Gasteiger partial charge in [0.1, 0.15) is 5.84 Å². The van der Waals surface area contributed by atoms with E-state index in [2.05, 4.69) is 53.4 Å². The minimum Gasteiger partial charge on any atom is -0.383 e. The largest absolute Gasteiger partial charge is 0.383 e. The molecule has 0 spiro atoms. The van der Waals surface area contributed by atoms with Crippen molar-refractivity contribution < 1.29 is 0 Å². The van der Waals surface area contributed by atoms with E-state index in [0.717, 1.165) is 28.9 Å². The Bertz CT molecular complexity index is 969. The molecule has 27 heavy (non-hydrogen) atoms. The number of thiophene rings is 1. The summed E-state index contributed by atoms with van der Waals surface area (Å²) < 4.78 is 0. The Morgan fingerprint density at radius 1 is 1.30 bits per heavy atom. The normalized spacial score (nSPS) is 17.8. The Labute approximate surface area is 170 Å². The predicted octanol–water partition coefficient (Wildman–Crippen LogP) is 5.19. The van der Waals surface area contributed by atoms with Crippen LogP contribution >= 0.6 is 23.7 Å². The summed E-state index contributed by atoms with van der Waals surface area (Å²) in [6.07, 6.45) is 7.95. The van der Waals surface area contributed by atoms with Crippen LogP contribution in [0.5, 0.6) is 0 Å². The van der Waals surface area contributed by atoms with Crippen LogP contribution in [0.2, 0.25) is 0 Å².